The lowest BCUT2D eigenvalue weighted by atomic mass is 10.4. The van der Waals surface area contributed by atoms with E-state index in [4.69, 9.17) is 0 Å². The predicted molar refractivity (Wildman–Crippen MR) is 57.7 cm³/mol. The van der Waals surface area contributed by atoms with E-state index >= 15 is 0 Å². The second kappa shape index (κ2) is 3.57. The van der Waals surface area contributed by atoms with Crippen LogP contribution in [0.5, 0.6) is 0 Å². The van der Waals surface area contributed by atoms with Gasteiger partial charge in [-0.2, -0.15) is 5.10 Å². The van der Waals surface area contributed by atoms with Crippen molar-refractivity contribution < 1.29 is 0 Å². The van der Waals surface area contributed by atoms with Crippen LogP contribution >= 0.6 is 15.9 Å². The summed E-state index contributed by atoms with van der Waals surface area (Å²) in [5.41, 5.74) is 3.10. The lowest BCUT2D eigenvalue weighted by Crippen LogP contribution is -1.89. The van der Waals surface area contributed by atoms with Gasteiger partial charge in [-0.1, -0.05) is 15.9 Å². The average Bonchev–Trinajstić information content (AvgIpc) is 2.71. The molecule has 4 nitrogen and oxygen atoms in total. The predicted octanol–water partition coefficient (Wildman–Crippen LogP) is 1.81. The van der Waals surface area contributed by atoms with Crippen molar-refractivity contribution in [1.82, 2.24) is 19.3 Å². The summed E-state index contributed by atoms with van der Waals surface area (Å²) in [4.78, 5) is 4.24. The molecule has 0 amide bonds. The zero-order chi connectivity index (χ0) is 10.1. The molecule has 5 heteroatoms. The Bertz CT molecular complexity index is 443. The summed E-state index contributed by atoms with van der Waals surface area (Å²) in [6.45, 7) is 1.99. The third-order valence-corrected chi connectivity index (χ3v) is 2.61. The van der Waals surface area contributed by atoms with Gasteiger partial charge < -0.3 is 4.57 Å². The van der Waals surface area contributed by atoms with E-state index < -0.39 is 0 Å². The van der Waals surface area contributed by atoms with E-state index in [1.54, 1.807) is 11.0 Å². The van der Waals surface area contributed by atoms with E-state index in [2.05, 4.69) is 26.0 Å². The quantitative estimate of drug-likeness (QED) is 0.767. The van der Waals surface area contributed by atoms with Crippen LogP contribution in [0, 0.1) is 6.92 Å². The van der Waals surface area contributed by atoms with Gasteiger partial charge in [0.1, 0.15) is 0 Å². The smallest absolute Gasteiger partial charge is 0.0996 e. The van der Waals surface area contributed by atoms with Gasteiger partial charge in [-0.3, -0.25) is 4.68 Å². The first-order chi connectivity index (χ1) is 6.70. The molecule has 0 radical (unpaired) electrons. The van der Waals surface area contributed by atoms with E-state index in [1.165, 1.54) is 0 Å². The maximum absolute atomic E-state index is 4.28. The molecule has 0 N–H and O–H groups in total. The number of halogens is 1. The third-order valence-electron chi connectivity index (χ3n) is 2.04. The Morgan fingerprint density at radius 3 is 2.71 bits per heavy atom. The molecule has 0 aliphatic carbocycles. The standard InChI is InChI=1S/C9H11BrN4/c1-7-9(5-13(2)12-7)14-4-8(3-10)11-6-14/h4-6H,3H2,1-2H3. The van der Waals surface area contributed by atoms with Crippen LogP contribution < -0.4 is 0 Å². The van der Waals surface area contributed by atoms with Crippen molar-refractivity contribution in [3.63, 3.8) is 0 Å². The van der Waals surface area contributed by atoms with E-state index in [1.807, 2.05) is 30.9 Å². The second-order valence-electron chi connectivity index (χ2n) is 3.18. The van der Waals surface area contributed by atoms with E-state index in [9.17, 15) is 0 Å². The van der Waals surface area contributed by atoms with E-state index in [-0.39, 0.29) is 0 Å². The number of rotatable bonds is 2. The van der Waals surface area contributed by atoms with Gasteiger partial charge in [-0.15, -0.1) is 0 Å². The molecule has 0 saturated carbocycles. The first-order valence-corrected chi connectivity index (χ1v) is 5.42. The van der Waals surface area contributed by atoms with Gasteiger partial charge >= 0.3 is 0 Å². The maximum Gasteiger partial charge on any atom is 0.0996 e. The number of nitrogens with zero attached hydrogens (tertiary/aromatic N) is 4. The number of hydrogen-bond acceptors (Lipinski definition) is 2. The molecule has 0 atom stereocenters. The summed E-state index contributed by atoms with van der Waals surface area (Å²) in [6.07, 6.45) is 5.79. The highest BCUT2D eigenvalue weighted by Crippen LogP contribution is 2.13. The SMILES string of the molecule is Cc1nn(C)cc1-n1cnc(CBr)c1. The molecule has 74 valence electrons. The Morgan fingerprint density at radius 2 is 2.21 bits per heavy atom. The highest BCUT2D eigenvalue weighted by atomic mass is 79.9. The summed E-state index contributed by atoms with van der Waals surface area (Å²) < 4.78 is 3.79. The summed E-state index contributed by atoms with van der Waals surface area (Å²) in [6, 6.07) is 0. The van der Waals surface area contributed by atoms with E-state index in [0.29, 0.717) is 0 Å². The Hall–Kier alpha value is -1.10. The molecule has 14 heavy (non-hydrogen) atoms. The molecule has 2 aromatic heterocycles. The van der Waals surface area contributed by atoms with Crippen molar-refractivity contribution in [1.29, 1.82) is 0 Å². The zero-order valence-electron chi connectivity index (χ0n) is 8.11. The van der Waals surface area contributed by atoms with Crippen LogP contribution in [0.3, 0.4) is 0 Å². The van der Waals surface area contributed by atoms with Crippen LogP contribution in [0.25, 0.3) is 5.69 Å². The van der Waals surface area contributed by atoms with Gasteiger partial charge in [0.2, 0.25) is 0 Å². The van der Waals surface area contributed by atoms with Crippen LogP contribution in [0.1, 0.15) is 11.4 Å². The molecular formula is C9H11BrN4. The van der Waals surface area contributed by atoms with Crippen molar-refractivity contribution in [3.05, 3.63) is 30.1 Å². The van der Waals surface area contributed by atoms with Crippen molar-refractivity contribution in [3.8, 4) is 5.69 Å². The minimum atomic E-state index is 0.777. The van der Waals surface area contributed by atoms with Gasteiger partial charge in [-0.05, 0) is 6.92 Å². The maximum atomic E-state index is 4.28. The Labute approximate surface area is 90.7 Å². The molecule has 0 bridgehead atoms. The molecular weight excluding hydrogens is 244 g/mol. The number of imidazole rings is 1. The molecule has 0 aromatic carbocycles. The summed E-state index contributed by atoms with van der Waals surface area (Å²) in [5.74, 6) is 0. The third kappa shape index (κ3) is 1.59. The minimum Gasteiger partial charge on any atom is -0.303 e. The molecule has 0 unspecified atom stereocenters. The Kier molecular flexibility index (Phi) is 2.41. The molecule has 0 aliphatic heterocycles. The van der Waals surface area contributed by atoms with Crippen LogP contribution in [-0.4, -0.2) is 19.3 Å². The Balaban J connectivity index is 2.43. The lowest BCUT2D eigenvalue weighted by molar-refractivity contribution is 0.756. The Morgan fingerprint density at radius 1 is 1.43 bits per heavy atom. The normalized spacial score (nSPS) is 10.8. The van der Waals surface area contributed by atoms with Crippen molar-refractivity contribution in [2.75, 3.05) is 0 Å². The van der Waals surface area contributed by atoms with Gasteiger partial charge in [-0.25, -0.2) is 4.98 Å². The molecule has 0 spiro atoms. The molecule has 2 rings (SSSR count). The largest absolute Gasteiger partial charge is 0.303 e. The van der Waals surface area contributed by atoms with Gasteiger partial charge in [0.05, 0.1) is 23.4 Å². The highest BCUT2D eigenvalue weighted by Gasteiger charge is 2.05. The second-order valence-corrected chi connectivity index (χ2v) is 3.74. The highest BCUT2D eigenvalue weighted by molar-refractivity contribution is 9.08. The molecule has 2 aromatic rings. The van der Waals surface area contributed by atoms with Crippen molar-refractivity contribution in [2.24, 2.45) is 7.05 Å². The molecule has 0 fully saturated rings. The number of alkyl halides is 1. The number of aryl methyl sites for hydroxylation is 2. The fourth-order valence-electron chi connectivity index (χ4n) is 1.40. The lowest BCUT2D eigenvalue weighted by Gasteiger charge is -1.96. The molecule has 0 saturated heterocycles. The topological polar surface area (TPSA) is 35.6 Å². The van der Waals surface area contributed by atoms with Gasteiger partial charge in [0.15, 0.2) is 0 Å². The van der Waals surface area contributed by atoms with E-state index in [0.717, 1.165) is 22.4 Å². The fraction of sp³-hybridized carbons (Fsp3) is 0.333. The summed E-state index contributed by atoms with van der Waals surface area (Å²) in [7, 11) is 1.92. The monoisotopic (exact) mass is 254 g/mol. The van der Waals surface area contributed by atoms with Gasteiger partial charge in [0.25, 0.3) is 0 Å². The average molecular weight is 255 g/mol. The van der Waals surface area contributed by atoms with Crippen molar-refractivity contribution in [2.45, 2.75) is 12.3 Å². The number of hydrogen-bond donors (Lipinski definition) is 0. The van der Waals surface area contributed by atoms with Crippen molar-refractivity contribution >= 4 is 15.9 Å². The molecule has 2 heterocycles. The first kappa shape index (κ1) is 9.45. The molecule has 0 aliphatic rings. The summed E-state index contributed by atoms with van der Waals surface area (Å²) >= 11 is 3.37. The summed E-state index contributed by atoms with van der Waals surface area (Å²) in [5, 5.41) is 5.06. The number of aromatic nitrogens is 4. The fourth-order valence-corrected chi connectivity index (χ4v) is 1.69. The minimum absolute atomic E-state index is 0.777. The van der Waals surface area contributed by atoms with Crippen LogP contribution in [0.4, 0.5) is 0 Å². The van der Waals surface area contributed by atoms with Crippen LogP contribution in [0.2, 0.25) is 0 Å². The van der Waals surface area contributed by atoms with Gasteiger partial charge in [0, 0.05) is 24.8 Å². The first-order valence-electron chi connectivity index (χ1n) is 4.30. The van der Waals surface area contributed by atoms with Crippen LogP contribution in [0.15, 0.2) is 18.7 Å². The van der Waals surface area contributed by atoms with Crippen LogP contribution in [-0.2, 0) is 12.4 Å². The zero-order valence-corrected chi connectivity index (χ0v) is 9.69.